The van der Waals surface area contributed by atoms with Crippen molar-refractivity contribution in [1.29, 1.82) is 0 Å². The van der Waals surface area contributed by atoms with Crippen LogP contribution in [0, 0.1) is 5.92 Å². The van der Waals surface area contributed by atoms with Crippen LogP contribution in [0.15, 0.2) is 24.3 Å². The van der Waals surface area contributed by atoms with Crippen LogP contribution in [0.5, 0.6) is 5.75 Å². The lowest BCUT2D eigenvalue weighted by Crippen LogP contribution is -2.34. The lowest BCUT2D eigenvalue weighted by molar-refractivity contribution is -0.123. The van der Waals surface area contributed by atoms with Crippen molar-refractivity contribution in [2.75, 3.05) is 13.2 Å². The minimum atomic E-state index is -4.67. The number of carbonyl (C=O) groups is 2. The molecule has 216 valence electrons. The van der Waals surface area contributed by atoms with Crippen molar-refractivity contribution in [2.24, 2.45) is 13.0 Å². The van der Waals surface area contributed by atoms with Gasteiger partial charge in [-0.1, -0.05) is 29.3 Å². The normalized spacial score (nSPS) is 13.6. The molecule has 2 N–H and O–H groups in total. The summed E-state index contributed by atoms with van der Waals surface area (Å²) < 4.78 is 70.2. The fraction of sp³-hybridized carbons (Fsp3) is 0.423. The van der Waals surface area contributed by atoms with Crippen molar-refractivity contribution in [3.8, 4) is 5.75 Å². The van der Waals surface area contributed by atoms with Gasteiger partial charge in [0.2, 0.25) is 5.91 Å². The number of hydrogen-bond donors (Lipinski definition) is 2. The Morgan fingerprint density at radius 1 is 1.18 bits per heavy atom. The fourth-order valence-electron chi connectivity index (χ4n) is 4.11. The number of rotatable bonds is 11. The molecule has 7 nitrogen and oxygen atoms in total. The summed E-state index contributed by atoms with van der Waals surface area (Å²) in [6.07, 6.45) is -4.85. The molecule has 0 saturated heterocycles. The molecule has 3 aromatic rings. The number of benzene rings is 2. The van der Waals surface area contributed by atoms with Gasteiger partial charge in [0.05, 0.1) is 21.6 Å². The standard InChI is InChI=1S/C26H25Cl2F5N4O3/c1-37-19-9-20(40-11-21(29)30)16(25(39)35-12-26(31,32)33)7-18(19)36-22(37)8-15-17(27)5-4-14(24(15)28)10-34-23(38)6-13-2-3-13/h4-5,7,9,13,21H,2-3,6,8,10-12H2,1H3,(H,34,38)(H,35,39). The molecule has 1 saturated carbocycles. The smallest absolute Gasteiger partial charge is 0.405 e. The Hall–Kier alpha value is -3.12. The monoisotopic (exact) mass is 606 g/mol. The highest BCUT2D eigenvalue weighted by Gasteiger charge is 2.29. The summed E-state index contributed by atoms with van der Waals surface area (Å²) in [5, 5.41) is 5.25. The average Bonchev–Trinajstić information content (AvgIpc) is 3.64. The van der Waals surface area contributed by atoms with Gasteiger partial charge in [-0.2, -0.15) is 13.2 Å². The molecule has 0 radical (unpaired) electrons. The van der Waals surface area contributed by atoms with E-state index in [9.17, 15) is 31.5 Å². The van der Waals surface area contributed by atoms with Crippen molar-refractivity contribution in [3.05, 3.63) is 56.8 Å². The molecular weight excluding hydrogens is 582 g/mol. The number of imidazole rings is 1. The van der Waals surface area contributed by atoms with E-state index in [-0.39, 0.29) is 35.7 Å². The van der Waals surface area contributed by atoms with Gasteiger partial charge >= 0.3 is 6.18 Å². The van der Waals surface area contributed by atoms with E-state index < -0.39 is 31.7 Å². The van der Waals surface area contributed by atoms with Crippen LogP contribution in [0.4, 0.5) is 22.0 Å². The number of ether oxygens (including phenoxy) is 1. The van der Waals surface area contributed by atoms with E-state index in [0.717, 1.165) is 12.8 Å². The molecule has 4 rings (SSSR count). The Balaban J connectivity index is 1.62. The molecule has 1 aliphatic rings. The summed E-state index contributed by atoms with van der Waals surface area (Å²) in [5.41, 5.74) is 1.39. The van der Waals surface area contributed by atoms with Crippen molar-refractivity contribution < 1.29 is 36.3 Å². The molecule has 0 atom stereocenters. The van der Waals surface area contributed by atoms with Gasteiger partial charge in [0.1, 0.15) is 24.7 Å². The SMILES string of the molecule is Cn1c(Cc2c(Cl)ccc(CNC(=O)CC3CC3)c2Cl)nc2cc(C(=O)NCC(F)(F)F)c(OCC(F)F)cc21. The Morgan fingerprint density at radius 3 is 2.55 bits per heavy atom. The third-order valence-electron chi connectivity index (χ3n) is 6.38. The molecule has 1 aliphatic carbocycles. The Bertz CT molecular complexity index is 1420. The second kappa shape index (κ2) is 12.2. The maximum absolute atomic E-state index is 12.8. The fourth-order valence-corrected chi connectivity index (χ4v) is 4.68. The number of nitrogens with one attached hydrogen (secondary N) is 2. The topological polar surface area (TPSA) is 85.2 Å². The number of halogens is 7. The van der Waals surface area contributed by atoms with Crippen LogP contribution in [0.3, 0.4) is 0 Å². The third-order valence-corrected chi connectivity index (χ3v) is 7.21. The first-order valence-electron chi connectivity index (χ1n) is 12.3. The van der Waals surface area contributed by atoms with E-state index in [0.29, 0.717) is 44.9 Å². The lowest BCUT2D eigenvalue weighted by Gasteiger charge is -2.13. The second-order valence-corrected chi connectivity index (χ2v) is 10.3. The molecule has 40 heavy (non-hydrogen) atoms. The zero-order valence-electron chi connectivity index (χ0n) is 21.2. The summed E-state index contributed by atoms with van der Waals surface area (Å²) in [5.74, 6) is -0.682. The highest BCUT2D eigenvalue weighted by molar-refractivity contribution is 6.36. The van der Waals surface area contributed by atoms with Crippen LogP contribution in [-0.2, 0) is 24.8 Å². The first-order chi connectivity index (χ1) is 18.8. The Labute approximate surface area is 236 Å². The first kappa shape index (κ1) is 29.9. The Morgan fingerprint density at radius 2 is 1.90 bits per heavy atom. The van der Waals surface area contributed by atoms with E-state index >= 15 is 0 Å². The van der Waals surface area contributed by atoms with Crippen molar-refractivity contribution >= 4 is 46.0 Å². The number of aryl methyl sites for hydroxylation is 1. The predicted octanol–water partition coefficient (Wildman–Crippen LogP) is 5.82. The van der Waals surface area contributed by atoms with E-state index in [1.807, 2.05) is 0 Å². The quantitative estimate of drug-likeness (QED) is 0.269. The molecular formula is C26H25Cl2F5N4O3. The molecule has 1 aromatic heterocycles. The summed E-state index contributed by atoms with van der Waals surface area (Å²) in [6, 6.07) is 5.80. The molecule has 1 heterocycles. The minimum Gasteiger partial charge on any atom is -0.487 e. The molecule has 2 amide bonds. The van der Waals surface area contributed by atoms with Crippen LogP contribution < -0.4 is 15.4 Å². The van der Waals surface area contributed by atoms with E-state index in [1.54, 1.807) is 29.1 Å². The molecule has 0 spiro atoms. The van der Waals surface area contributed by atoms with Crippen LogP contribution in [-0.4, -0.2) is 47.1 Å². The predicted molar refractivity (Wildman–Crippen MR) is 139 cm³/mol. The summed E-state index contributed by atoms with van der Waals surface area (Å²) in [6.45, 7) is -2.47. The molecule has 14 heteroatoms. The van der Waals surface area contributed by atoms with Gasteiger partial charge < -0.3 is 19.9 Å². The van der Waals surface area contributed by atoms with Gasteiger partial charge in [0.25, 0.3) is 12.3 Å². The largest absolute Gasteiger partial charge is 0.487 e. The number of carbonyl (C=O) groups excluding carboxylic acids is 2. The molecule has 0 bridgehead atoms. The van der Waals surface area contributed by atoms with Crippen molar-refractivity contribution in [3.63, 3.8) is 0 Å². The van der Waals surface area contributed by atoms with Crippen molar-refractivity contribution in [1.82, 2.24) is 20.2 Å². The number of hydrogen-bond acceptors (Lipinski definition) is 4. The van der Waals surface area contributed by atoms with Crippen LogP contribution in [0.1, 0.15) is 46.6 Å². The number of alkyl halides is 5. The van der Waals surface area contributed by atoms with Crippen LogP contribution >= 0.6 is 23.2 Å². The first-order valence-corrected chi connectivity index (χ1v) is 13.1. The number of aromatic nitrogens is 2. The van der Waals surface area contributed by atoms with Gasteiger partial charge in [0.15, 0.2) is 0 Å². The summed E-state index contributed by atoms with van der Waals surface area (Å²) in [7, 11) is 1.63. The highest BCUT2D eigenvalue weighted by atomic mass is 35.5. The van der Waals surface area contributed by atoms with E-state index in [2.05, 4.69) is 10.3 Å². The third kappa shape index (κ3) is 7.54. The zero-order chi connectivity index (χ0) is 29.2. The van der Waals surface area contributed by atoms with Crippen LogP contribution in [0.25, 0.3) is 11.0 Å². The maximum Gasteiger partial charge on any atom is 0.405 e. The average molecular weight is 607 g/mol. The highest BCUT2D eigenvalue weighted by Crippen LogP contribution is 2.34. The molecule has 1 fully saturated rings. The van der Waals surface area contributed by atoms with Crippen molar-refractivity contribution in [2.45, 2.75) is 44.8 Å². The van der Waals surface area contributed by atoms with Gasteiger partial charge in [-0.25, -0.2) is 13.8 Å². The molecule has 2 aromatic carbocycles. The van der Waals surface area contributed by atoms with Gasteiger partial charge in [-0.15, -0.1) is 0 Å². The lowest BCUT2D eigenvalue weighted by atomic mass is 10.1. The zero-order valence-corrected chi connectivity index (χ0v) is 22.7. The summed E-state index contributed by atoms with van der Waals surface area (Å²) in [4.78, 5) is 29.1. The van der Waals surface area contributed by atoms with Gasteiger partial charge in [-0.05, 0) is 42.0 Å². The number of nitrogens with zero attached hydrogens (tertiary/aromatic N) is 2. The van der Waals surface area contributed by atoms with Crippen LogP contribution in [0.2, 0.25) is 10.0 Å². The van der Waals surface area contributed by atoms with Gasteiger partial charge in [0, 0.05) is 37.5 Å². The molecule has 0 aliphatic heterocycles. The van der Waals surface area contributed by atoms with E-state index in [1.165, 1.54) is 12.1 Å². The van der Waals surface area contributed by atoms with Gasteiger partial charge in [-0.3, -0.25) is 9.59 Å². The molecule has 0 unspecified atom stereocenters. The second-order valence-electron chi connectivity index (χ2n) is 9.52. The number of amides is 2. The summed E-state index contributed by atoms with van der Waals surface area (Å²) >= 11 is 13.1. The minimum absolute atomic E-state index is 0.0645. The number of fused-ring (bicyclic) bond motifs is 1. The van der Waals surface area contributed by atoms with E-state index in [4.69, 9.17) is 27.9 Å². The Kier molecular flexibility index (Phi) is 9.09. The maximum atomic E-state index is 12.8.